The fraction of sp³-hybridized carbons (Fsp3) is 0.0952. The molecule has 0 saturated heterocycles. The highest BCUT2D eigenvalue weighted by atomic mass is 35.5. The number of hydrogen-bond donors (Lipinski definition) is 2. The van der Waals surface area contributed by atoms with Crippen molar-refractivity contribution in [2.24, 2.45) is 0 Å². The Morgan fingerprint density at radius 2 is 1.69 bits per heavy atom. The molecule has 3 rings (SSSR count). The summed E-state index contributed by atoms with van der Waals surface area (Å²) in [7, 11) is -3.90. The molecule has 8 heteroatoms. The van der Waals surface area contributed by atoms with Crippen molar-refractivity contribution < 1.29 is 13.2 Å². The van der Waals surface area contributed by atoms with Gasteiger partial charge in [-0.3, -0.25) is 9.52 Å². The maximum Gasteiger partial charge on any atom is 0.261 e. The smallest absolute Gasteiger partial charge is 0.261 e. The van der Waals surface area contributed by atoms with Crippen LogP contribution in [0.1, 0.15) is 21.5 Å². The largest absolute Gasteiger partial charge is 0.322 e. The molecule has 0 unspecified atom stereocenters. The average molecular weight is 449 g/mol. The van der Waals surface area contributed by atoms with E-state index in [1.54, 1.807) is 43.3 Å². The predicted molar refractivity (Wildman–Crippen MR) is 118 cm³/mol. The molecule has 0 aromatic heterocycles. The van der Waals surface area contributed by atoms with Gasteiger partial charge in [0.05, 0.1) is 15.5 Å². The van der Waals surface area contributed by atoms with Crippen LogP contribution in [-0.4, -0.2) is 14.3 Å². The van der Waals surface area contributed by atoms with Crippen molar-refractivity contribution in [3.63, 3.8) is 0 Å². The zero-order chi connectivity index (χ0) is 21.2. The van der Waals surface area contributed by atoms with Crippen molar-refractivity contribution in [2.45, 2.75) is 18.7 Å². The van der Waals surface area contributed by atoms with Gasteiger partial charge in [-0.25, -0.2) is 8.42 Å². The van der Waals surface area contributed by atoms with E-state index in [9.17, 15) is 13.2 Å². The molecule has 0 aliphatic carbocycles. The zero-order valence-electron chi connectivity index (χ0n) is 15.7. The Kier molecular flexibility index (Phi) is 6.17. The first kappa shape index (κ1) is 21.2. The van der Waals surface area contributed by atoms with E-state index >= 15 is 0 Å². The monoisotopic (exact) mass is 448 g/mol. The summed E-state index contributed by atoms with van der Waals surface area (Å²) in [5.74, 6) is -0.520. The topological polar surface area (TPSA) is 75.3 Å². The molecule has 29 heavy (non-hydrogen) atoms. The number of nitrogens with one attached hydrogen (secondary N) is 2. The van der Waals surface area contributed by atoms with Gasteiger partial charge >= 0.3 is 0 Å². The van der Waals surface area contributed by atoms with Gasteiger partial charge in [0, 0.05) is 16.4 Å². The van der Waals surface area contributed by atoms with Gasteiger partial charge in [-0.1, -0.05) is 35.3 Å². The Hall–Kier alpha value is -2.54. The predicted octanol–water partition coefficient (Wildman–Crippen LogP) is 5.66. The summed E-state index contributed by atoms with van der Waals surface area (Å²) >= 11 is 12.1. The lowest BCUT2D eigenvalue weighted by Crippen LogP contribution is -2.17. The Labute approximate surface area is 179 Å². The SMILES string of the molecule is Cc1cccc(NS(=O)(=O)c2ccc(Cl)c(C(=O)Nc3ccc(Cl)cc3C)c2)c1. The molecule has 0 heterocycles. The van der Waals surface area contributed by atoms with Gasteiger partial charge < -0.3 is 5.32 Å². The van der Waals surface area contributed by atoms with Gasteiger partial charge in [-0.2, -0.15) is 0 Å². The third kappa shape index (κ3) is 5.09. The van der Waals surface area contributed by atoms with Crippen LogP contribution in [0.4, 0.5) is 11.4 Å². The van der Waals surface area contributed by atoms with E-state index in [0.29, 0.717) is 16.4 Å². The van der Waals surface area contributed by atoms with Crippen molar-refractivity contribution in [2.75, 3.05) is 10.0 Å². The molecule has 3 aromatic carbocycles. The number of benzene rings is 3. The second-order valence-electron chi connectivity index (χ2n) is 6.53. The van der Waals surface area contributed by atoms with E-state index in [4.69, 9.17) is 23.2 Å². The van der Waals surface area contributed by atoms with Crippen molar-refractivity contribution in [1.82, 2.24) is 0 Å². The van der Waals surface area contributed by atoms with Gasteiger partial charge in [0.1, 0.15) is 0 Å². The lowest BCUT2D eigenvalue weighted by molar-refractivity contribution is 0.102. The highest BCUT2D eigenvalue weighted by Crippen LogP contribution is 2.25. The minimum Gasteiger partial charge on any atom is -0.322 e. The first-order valence-electron chi connectivity index (χ1n) is 8.62. The van der Waals surface area contributed by atoms with Gasteiger partial charge in [0.15, 0.2) is 0 Å². The second-order valence-corrected chi connectivity index (χ2v) is 9.06. The fourth-order valence-corrected chi connectivity index (χ4v) is 4.23. The van der Waals surface area contributed by atoms with Crippen LogP contribution in [0.2, 0.25) is 10.0 Å². The summed E-state index contributed by atoms with van der Waals surface area (Å²) in [4.78, 5) is 12.6. The molecule has 0 spiro atoms. The maximum absolute atomic E-state index is 12.7. The molecule has 0 atom stereocenters. The minimum atomic E-state index is -3.90. The third-order valence-corrected chi connectivity index (χ3v) is 6.14. The molecule has 0 radical (unpaired) electrons. The lowest BCUT2D eigenvalue weighted by atomic mass is 10.1. The minimum absolute atomic E-state index is 0.0492. The molecule has 2 N–H and O–H groups in total. The quantitative estimate of drug-likeness (QED) is 0.528. The maximum atomic E-state index is 12.7. The summed E-state index contributed by atoms with van der Waals surface area (Å²) < 4.78 is 28.0. The van der Waals surface area contributed by atoms with Crippen molar-refractivity contribution in [3.05, 3.63) is 87.4 Å². The van der Waals surface area contributed by atoms with Crippen LogP contribution in [0.25, 0.3) is 0 Å². The summed E-state index contributed by atoms with van der Waals surface area (Å²) in [5, 5.41) is 3.43. The number of rotatable bonds is 5. The van der Waals surface area contributed by atoms with Crippen LogP contribution in [0.15, 0.2) is 65.6 Å². The molecule has 5 nitrogen and oxygen atoms in total. The molecule has 0 aliphatic rings. The second kappa shape index (κ2) is 8.45. The van der Waals surface area contributed by atoms with Gasteiger partial charge in [-0.05, 0) is 73.5 Å². The summed E-state index contributed by atoms with van der Waals surface area (Å²) in [6, 6.07) is 16.0. The molecule has 0 saturated carbocycles. The molecule has 3 aromatic rings. The number of sulfonamides is 1. The third-order valence-electron chi connectivity index (χ3n) is 4.20. The number of carbonyl (C=O) groups excluding carboxylic acids is 1. The normalized spacial score (nSPS) is 11.2. The molecule has 1 amide bonds. The average Bonchev–Trinajstić information content (AvgIpc) is 2.63. The number of halogens is 2. The fourth-order valence-electron chi connectivity index (χ4n) is 2.73. The number of aryl methyl sites for hydroxylation is 2. The number of amides is 1. The van der Waals surface area contributed by atoms with Crippen LogP contribution in [0.3, 0.4) is 0 Å². The molecule has 0 fully saturated rings. The highest BCUT2D eigenvalue weighted by molar-refractivity contribution is 7.92. The molecule has 150 valence electrons. The lowest BCUT2D eigenvalue weighted by Gasteiger charge is -2.12. The van der Waals surface area contributed by atoms with E-state index in [1.807, 2.05) is 13.0 Å². The first-order chi connectivity index (χ1) is 13.7. The van der Waals surface area contributed by atoms with Crippen LogP contribution < -0.4 is 10.0 Å². The van der Waals surface area contributed by atoms with E-state index in [1.165, 1.54) is 18.2 Å². The molecule has 0 bridgehead atoms. The van der Waals surface area contributed by atoms with Gasteiger partial charge in [0.2, 0.25) is 0 Å². The Balaban J connectivity index is 1.89. The van der Waals surface area contributed by atoms with Crippen molar-refractivity contribution in [1.29, 1.82) is 0 Å². The number of anilines is 2. The van der Waals surface area contributed by atoms with Crippen molar-refractivity contribution in [3.8, 4) is 0 Å². The molecule has 0 aliphatic heterocycles. The first-order valence-corrected chi connectivity index (χ1v) is 10.9. The van der Waals surface area contributed by atoms with E-state index in [2.05, 4.69) is 10.0 Å². The zero-order valence-corrected chi connectivity index (χ0v) is 18.0. The highest BCUT2D eigenvalue weighted by Gasteiger charge is 2.19. The summed E-state index contributed by atoms with van der Waals surface area (Å²) in [6.07, 6.45) is 0. The van der Waals surface area contributed by atoms with E-state index in [0.717, 1.165) is 11.1 Å². The van der Waals surface area contributed by atoms with Crippen LogP contribution in [-0.2, 0) is 10.0 Å². The standard InChI is InChI=1S/C21H18Cl2N2O3S/c1-13-4-3-5-16(10-13)25-29(27,28)17-7-8-19(23)18(12-17)21(26)24-20-9-6-15(22)11-14(20)2/h3-12,25H,1-2H3,(H,24,26). The summed E-state index contributed by atoms with van der Waals surface area (Å²) in [6.45, 7) is 3.66. The number of hydrogen-bond acceptors (Lipinski definition) is 3. The Bertz CT molecular complexity index is 1190. The summed E-state index contributed by atoms with van der Waals surface area (Å²) in [5.41, 5.74) is 2.73. The Morgan fingerprint density at radius 1 is 0.931 bits per heavy atom. The van der Waals surface area contributed by atoms with E-state index in [-0.39, 0.29) is 15.5 Å². The van der Waals surface area contributed by atoms with Gasteiger partial charge in [0.25, 0.3) is 15.9 Å². The molecular formula is C21H18Cl2N2O3S. The molecular weight excluding hydrogens is 431 g/mol. The Morgan fingerprint density at radius 3 is 2.38 bits per heavy atom. The van der Waals surface area contributed by atoms with Gasteiger partial charge in [-0.15, -0.1) is 0 Å². The van der Waals surface area contributed by atoms with Crippen LogP contribution in [0.5, 0.6) is 0 Å². The van der Waals surface area contributed by atoms with Crippen LogP contribution >= 0.6 is 23.2 Å². The number of carbonyl (C=O) groups is 1. The van der Waals surface area contributed by atoms with E-state index < -0.39 is 15.9 Å². The van der Waals surface area contributed by atoms with Crippen molar-refractivity contribution >= 4 is 50.5 Å². The van der Waals surface area contributed by atoms with Crippen LogP contribution in [0, 0.1) is 13.8 Å².